The third-order valence-corrected chi connectivity index (χ3v) is 5.33. The third kappa shape index (κ3) is 3.41. The van der Waals surface area contributed by atoms with E-state index in [4.69, 9.17) is 23.2 Å². The number of halogens is 3. The first-order valence-corrected chi connectivity index (χ1v) is 7.98. The van der Waals surface area contributed by atoms with Crippen LogP contribution < -0.4 is 5.32 Å². The Kier molecular flexibility index (Phi) is 6.45. The smallest absolute Gasteiger partial charge is 0.0739 e. The minimum atomic E-state index is -0.209. The van der Waals surface area contributed by atoms with Crippen LogP contribution in [-0.4, -0.2) is 27.1 Å². The number of aromatic nitrogens is 2. The average Bonchev–Trinajstić information content (AvgIpc) is 2.68. The van der Waals surface area contributed by atoms with Gasteiger partial charge in [0, 0.05) is 30.4 Å². The lowest BCUT2D eigenvalue weighted by atomic mass is 10.0. The lowest BCUT2D eigenvalue weighted by molar-refractivity contribution is 0.376. The van der Waals surface area contributed by atoms with Gasteiger partial charge >= 0.3 is 0 Å². The molecule has 0 saturated carbocycles. The highest BCUT2D eigenvalue weighted by Gasteiger charge is 2.26. The van der Waals surface area contributed by atoms with Gasteiger partial charge in [-0.1, -0.05) is 6.92 Å². The molecule has 0 spiro atoms. The first kappa shape index (κ1) is 16.3. The van der Waals surface area contributed by atoms with E-state index in [2.05, 4.69) is 40.2 Å². The van der Waals surface area contributed by atoms with Crippen LogP contribution in [0.3, 0.4) is 0 Å². The monoisotopic (exact) mass is 355 g/mol. The number of aryl methyl sites for hydroxylation is 2. The van der Waals surface area contributed by atoms with E-state index in [0.29, 0.717) is 18.3 Å². The van der Waals surface area contributed by atoms with Gasteiger partial charge in [-0.2, -0.15) is 5.10 Å². The zero-order valence-electron chi connectivity index (χ0n) is 11.1. The Bertz CT molecular complexity index is 381. The Morgan fingerprint density at radius 2 is 1.94 bits per heavy atom. The summed E-state index contributed by atoms with van der Waals surface area (Å²) in [5.41, 5.74) is 1.94. The summed E-state index contributed by atoms with van der Waals surface area (Å²) in [5.74, 6) is 1.01. The predicted molar refractivity (Wildman–Crippen MR) is 81.6 cm³/mol. The zero-order valence-corrected chi connectivity index (χ0v) is 14.2. The van der Waals surface area contributed by atoms with Crippen molar-refractivity contribution < 1.29 is 0 Å². The normalized spacial score (nSPS) is 12.1. The van der Waals surface area contributed by atoms with Gasteiger partial charge in [-0.05, 0) is 36.2 Å². The molecule has 1 heterocycles. The summed E-state index contributed by atoms with van der Waals surface area (Å²) in [6.07, 6.45) is 0.900. The molecule has 0 fully saturated rings. The van der Waals surface area contributed by atoms with Crippen molar-refractivity contribution in [3.05, 3.63) is 15.9 Å². The molecule has 1 aromatic heterocycles. The summed E-state index contributed by atoms with van der Waals surface area (Å²) in [7, 11) is 0. The quantitative estimate of drug-likeness (QED) is 0.755. The Morgan fingerprint density at radius 3 is 2.39 bits per heavy atom. The van der Waals surface area contributed by atoms with E-state index in [0.717, 1.165) is 28.8 Å². The van der Waals surface area contributed by atoms with E-state index < -0.39 is 0 Å². The SMILES string of the molecule is CCn1nc(C)c(Br)c1CNC(CC)(CCl)CCl. The molecule has 0 atom stereocenters. The van der Waals surface area contributed by atoms with Gasteiger partial charge in [0.05, 0.1) is 15.9 Å². The Hall–Kier alpha value is 0.230. The number of hydrogen-bond donors (Lipinski definition) is 1. The predicted octanol–water partition coefficient (Wildman–Crippen LogP) is 3.69. The summed E-state index contributed by atoms with van der Waals surface area (Å²) in [4.78, 5) is 0. The molecular formula is C12H20BrCl2N3. The van der Waals surface area contributed by atoms with Crippen molar-refractivity contribution in [3.63, 3.8) is 0 Å². The summed E-state index contributed by atoms with van der Waals surface area (Å²) in [6.45, 7) is 7.73. The van der Waals surface area contributed by atoms with Gasteiger partial charge in [-0.3, -0.25) is 4.68 Å². The Labute approximate surface area is 127 Å². The molecule has 104 valence electrons. The number of rotatable bonds is 7. The fraction of sp³-hybridized carbons (Fsp3) is 0.750. The lowest BCUT2D eigenvalue weighted by Gasteiger charge is -2.29. The highest BCUT2D eigenvalue weighted by Crippen LogP contribution is 2.23. The Morgan fingerprint density at radius 1 is 1.33 bits per heavy atom. The summed E-state index contributed by atoms with van der Waals surface area (Å²) in [5, 5.41) is 7.94. The van der Waals surface area contributed by atoms with Gasteiger partial charge in [0.25, 0.3) is 0 Å². The molecule has 0 aliphatic rings. The van der Waals surface area contributed by atoms with Crippen molar-refractivity contribution in [1.82, 2.24) is 15.1 Å². The topological polar surface area (TPSA) is 29.9 Å². The van der Waals surface area contributed by atoms with Crippen molar-refractivity contribution in [3.8, 4) is 0 Å². The molecule has 0 unspecified atom stereocenters. The maximum Gasteiger partial charge on any atom is 0.0739 e. The third-order valence-electron chi connectivity index (χ3n) is 3.27. The largest absolute Gasteiger partial charge is 0.303 e. The molecule has 1 aromatic rings. The van der Waals surface area contributed by atoms with E-state index >= 15 is 0 Å². The van der Waals surface area contributed by atoms with Crippen LogP contribution in [0, 0.1) is 6.92 Å². The molecule has 18 heavy (non-hydrogen) atoms. The molecule has 6 heteroatoms. The second-order valence-electron chi connectivity index (χ2n) is 4.42. The molecule has 0 amide bonds. The van der Waals surface area contributed by atoms with Gasteiger partial charge < -0.3 is 5.32 Å². The highest BCUT2D eigenvalue weighted by atomic mass is 79.9. The molecule has 0 saturated heterocycles. The Balaban J connectivity index is 2.85. The summed E-state index contributed by atoms with van der Waals surface area (Å²) < 4.78 is 3.06. The molecule has 1 N–H and O–H groups in total. The lowest BCUT2D eigenvalue weighted by Crippen LogP contribution is -2.48. The van der Waals surface area contributed by atoms with Gasteiger partial charge in [0.1, 0.15) is 0 Å². The van der Waals surface area contributed by atoms with Crippen LogP contribution in [0.1, 0.15) is 31.7 Å². The van der Waals surface area contributed by atoms with Gasteiger partial charge in [-0.15, -0.1) is 23.2 Å². The van der Waals surface area contributed by atoms with E-state index in [1.165, 1.54) is 0 Å². The van der Waals surface area contributed by atoms with Crippen molar-refractivity contribution >= 4 is 39.1 Å². The van der Waals surface area contributed by atoms with Crippen LogP contribution in [0.2, 0.25) is 0 Å². The second kappa shape index (κ2) is 7.13. The van der Waals surface area contributed by atoms with Gasteiger partial charge in [0.2, 0.25) is 0 Å². The van der Waals surface area contributed by atoms with E-state index in [1.54, 1.807) is 0 Å². The van der Waals surface area contributed by atoms with Crippen molar-refractivity contribution in [2.75, 3.05) is 11.8 Å². The van der Waals surface area contributed by atoms with E-state index in [9.17, 15) is 0 Å². The molecule has 0 aliphatic carbocycles. The fourth-order valence-electron chi connectivity index (χ4n) is 1.75. The number of hydrogen-bond acceptors (Lipinski definition) is 2. The first-order valence-electron chi connectivity index (χ1n) is 6.12. The van der Waals surface area contributed by atoms with Crippen LogP contribution in [0.15, 0.2) is 4.47 Å². The maximum absolute atomic E-state index is 6.03. The molecular weight excluding hydrogens is 337 g/mol. The van der Waals surface area contributed by atoms with Crippen LogP contribution in [0.4, 0.5) is 0 Å². The minimum Gasteiger partial charge on any atom is -0.303 e. The number of alkyl halides is 2. The van der Waals surface area contributed by atoms with Crippen LogP contribution >= 0.6 is 39.1 Å². The first-order chi connectivity index (χ1) is 8.53. The standard InChI is InChI=1S/C12H20BrCl2N3/c1-4-12(7-14,8-15)16-6-10-11(13)9(3)17-18(10)5-2/h16H,4-8H2,1-3H3. The van der Waals surface area contributed by atoms with Crippen LogP contribution in [0.5, 0.6) is 0 Å². The fourth-order valence-corrected chi connectivity index (χ4v) is 3.03. The number of nitrogens with zero attached hydrogens (tertiary/aromatic N) is 2. The van der Waals surface area contributed by atoms with Crippen molar-refractivity contribution in [2.45, 2.75) is 45.8 Å². The van der Waals surface area contributed by atoms with E-state index in [-0.39, 0.29) is 5.54 Å². The van der Waals surface area contributed by atoms with E-state index in [1.807, 2.05) is 11.6 Å². The zero-order chi connectivity index (χ0) is 13.8. The average molecular weight is 357 g/mol. The van der Waals surface area contributed by atoms with Crippen LogP contribution in [-0.2, 0) is 13.1 Å². The van der Waals surface area contributed by atoms with Crippen molar-refractivity contribution in [2.24, 2.45) is 0 Å². The molecule has 0 bridgehead atoms. The van der Waals surface area contributed by atoms with Gasteiger partial charge in [0.15, 0.2) is 0 Å². The number of nitrogens with one attached hydrogen (secondary N) is 1. The second-order valence-corrected chi connectivity index (χ2v) is 5.74. The summed E-state index contributed by atoms with van der Waals surface area (Å²) >= 11 is 15.6. The molecule has 0 radical (unpaired) electrons. The molecule has 1 rings (SSSR count). The molecule has 3 nitrogen and oxygen atoms in total. The van der Waals surface area contributed by atoms with Gasteiger partial charge in [-0.25, -0.2) is 0 Å². The molecule has 0 aliphatic heterocycles. The minimum absolute atomic E-state index is 0.209. The summed E-state index contributed by atoms with van der Waals surface area (Å²) in [6, 6.07) is 0. The van der Waals surface area contributed by atoms with Crippen molar-refractivity contribution in [1.29, 1.82) is 0 Å². The highest BCUT2D eigenvalue weighted by molar-refractivity contribution is 9.10. The maximum atomic E-state index is 6.03. The molecule has 0 aromatic carbocycles. The van der Waals surface area contributed by atoms with Crippen LogP contribution in [0.25, 0.3) is 0 Å².